The molecule has 7 amide bonds. The molecule has 85 heavy (non-hydrogen) atoms. The molecule has 2 fully saturated rings. The van der Waals surface area contributed by atoms with E-state index in [-0.39, 0.29) is 119 Å². The van der Waals surface area contributed by atoms with Crippen LogP contribution in [0, 0.1) is 5.41 Å². The highest BCUT2D eigenvalue weighted by Gasteiger charge is 2.40. The van der Waals surface area contributed by atoms with Crippen LogP contribution in [0.2, 0.25) is 0 Å². The van der Waals surface area contributed by atoms with Crippen molar-refractivity contribution >= 4 is 59.1 Å². The van der Waals surface area contributed by atoms with Gasteiger partial charge in [0.1, 0.15) is 49.6 Å². The Hall–Kier alpha value is -9.55. The molecular weight excluding hydrogens is 1100 g/mol. The summed E-state index contributed by atoms with van der Waals surface area (Å²) in [6, 6.07) is 39.1. The van der Waals surface area contributed by atoms with Crippen molar-refractivity contribution in [3.63, 3.8) is 0 Å². The van der Waals surface area contributed by atoms with Crippen LogP contribution >= 0.6 is 0 Å². The third-order valence-electron chi connectivity index (χ3n) is 13.4. The molecule has 448 valence electrons. The number of rotatable bonds is 20. The van der Waals surface area contributed by atoms with Crippen molar-refractivity contribution in [1.29, 1.82) is 5.41 Å². The topological polar surface area (TPSA) is 292 Å². The smallest absolute Gasteiger partial charge is 0.435 e. The number of piperazine rings is 1. The van der Waals surface area contributed by atoms with E-state index in [1.54, 1.807) is 62.1 Å². The van der Waals surface area contributed by atoms with Crippen molar-refractivity contribution in [1.82, 2.24) is 46.2 Å². The van der Waals surface area contributed by atoms with Crippen LogP contribution < -0.4 is 26.6 Å². The monoisotopic (exact) mass is 1170 g/mol. The highest BCUT2D eigenvalue weighted by atomic mass is 16.6. The van der Waals surface area contributed by atoms with Gasteiger partial charge in [-0.05, 0) is 67.1 Å². The Balaban J connectivity index is 0.793. The number of nitrogens with zero attached hydrogens (tertiary/aromatic N) is 4. The van der Waals surface area contributed by atoms with E-state index < -0.39 is 60.3 Å². The van der Waals surface area contributed by atoms with Gasteiger partial charge in [0.25, 0.3) is 5.91 Å². The number of amides is 7. The Morgan fingerprint density at radius 1 is 0.624 bits per heavy atom. The highest BCUT2D eigenvalue weighted by Crippen LogP contribution is 2.25. The summed E-state index contributed by atoms with van der Waals surface area (Å²) in [4.78, 5) is 94.8. The summed E-state index contributed by atoms with van der Waals surface area (Å²) >= 11 is 0. The van der Waals surface area contributed by atoms with Gasteiger partial charge in [-0.25, -0.2) is 28.8 Å². The van der Waals surface area contributed by atoms with E-state index in [0.717, 1.165) is 26.9 Å². The second-order valence-corrected chi connectivity index (χ2v) is 20.9. The fourth-order valence-electron chi connectivity index (χ4n) is 9.00. The number of ether oxygens (including phenoxy) is 7. The first kappa shape index (κ1) is 61.5. The van der Waals surface area contributed by atoms with E-state index in [1.807, 2.05) is 78.9 Å². The molecule has 3 atom stereocenters. The molecule has 0 saturated carbocycles. The first-order valence-electron chi connectivity index (χ1n) is 27.8. The Morgan fingerprint density at radius 2 is 1.21 bits per heavy atom. The number of hydrogen-bond acceptors (Lipinski definition) is 16. The maximum absolute atomic E-state index is 13.7. The summed E-state index contributed by atoms with van der Waals surface area (Å²) in [5, 5.41) is 26.6. The van der Waals surface area contributed by atoms with E-state index in [0.29, 0.717) is 18.5 Å². The largest absolute Gasteiger partial charge is 0.447 e. The van der Waals surface area contributed by atoms with Crippen LogP contribution in [0.4, 0.5) is 28.8 Å². The zero-order valence-electron chi connectivity index (χ0n) is 47.5. The van der Waals surface area contributed by atoms with E-state index in [2.05, 4.69) is 31.7 Å². The minimum atomic E-state index is -0.890. The zero-order chi connectivity index (χ0) is 60.1. The SMILES string of the molecule is CC(C)(C)OC(=O)NCc1ccc(CNC(=O)N2CCN(C(=O)O[C@@H]3CCO[C@@H](COC(=O)NCCCNC(=O)c4nn(C(=O)OCc5ccccc5)c5cc(C(=N)NC(=O)OCc6ccccc6)ccc45)[C@H]3OCc3ccccc3)CC2)cc1. The van der Waals surface area contributed by atoms with Gasteiger partial charge in [0.15, 0.2) is 5.69 Å². The van der Waals surface area contributed by atoms with Crippen LogP contribution in [0.15, 0.2) is 133 Å². The van der Waals surface area contributed by atoms with Gasteiger partial charge in [0.05, 0.1) is 18.7 Å². The number of benzene rings is 5. The number of aromatic nitrogens is 2. The molecule has 0 bridgehead atoms. The molecule has 1 aromatic heterocycles. The number of fused-ring (bicyclic) bond motifs is 1. The number of hydrogen-bond donors (Lipinski definition) is 6. The Morgan fingerprint density at radius 3 is 1.85 bits per heavy atom. The van der Waals surface area contributed by atoms with Gasteiger partial charge in [-0.15, -0.1) is 0 Å². The van der Waals surface area contributed by atoms with Crippen LogP contribution in [0.25, 0.3) is 10.9 Å². The number of urea groups is 1. The molecule has 2 saturated heterocycles. The fraction of sp³-hybridized carbons (Fsp3) is 0.361. The first-order chi connectivity index (χ1) is 41.0. The summed E-state index contributed by atoms with van der Waals surface area (Å²) in [5.74, 6) is -0.957. The molecule has 6 N–H and O–H groups in total. The third-order valence-corrected chi connectivity index (χ3v) is 13.4. The lowest BCUT2D eigenvalue weighted by molar-refractivity contribution is -0.177. The van der Waals surface area contributed by atoms with Gasteiger partial charge < -0.3 is 64.2 Å². The summed E-state index contributed by atoms with van der Waals surface area (Å²) in [6.45, 7) is 7.16. The molecule has 0 unspecified atom stereocenters. The minimum Gasteiger partial charge on any atom is -0.447 e. The molecule has 3 heterocycles. The van der Waals surface area contributed by atoms with Crippen LogP contribution in [0.3, 0.4) is 0 Å². The number of nitrogens with one attached hydrogen (secondary N) is 6. The fourth-order valence-corrected chi connectivity index (χ4v) is 9.00. The van der Waals surface area contributed by atoms with Crippen molar-refractivity contribution in [2.45, 2.75) is 90.4 Å². The van der Waals surface area contributed by atoms with Crippen molar-refractivity contribution in [2.75, 3.05) is 52.5 Å². The summed E-state index contributed by atoms with van der Waals surface area (Å²) in [5.41, 5.74) is 3.70. The van der Waals surface area contributed by atoms with Gasteiger partial charge >= 0.3 is 36.5 Å². The summed E-state index contributed by atoms with van der Waals surface area (Å²) in [6.07, 6.45) is -5.42. The number of amidine groups is 1. The number of carbonyl (C=O) groups is 7. The molecular formula is C61H70N10O14. The van der Waals surface area contributed by atoms with Gasteiger partial charge in [0, 0.05) is 69.7 Å². The third kappa shape index (κ3) is 18.7. The highest BCUT2D eigenvalue weighted by molar-refractivity contribution is 6.10. The van der Waals surface area contributed by atoms with Crippen molar-refractivity contribution in [2.24, 2.45) is 0 Å². The maximum atomic E-state index is 13.7. The number of alkyl carbamates (subject to hydrolysis) is 3. The Kier molecular flexibility index (Phi) is 21.8. The van der Waals surface area contributed by atoms with Crippen molar-refractivity contribution < 1.29 is 66.7 Å². The van der Waals surface area contributed by atoms with E-state index in [9.17, 15) is 33.6 Å². The molecule has 0 radical (unpaired) electrons. The number of carbonyl (C=O) groups excluding carboxylic acids is 7. The lowest BCUT2D eigenvalue weighted by atomic mass is 10.0. The average molecular weight is 1170 g/mol. The normalized spacial score (nSPS) is 15.8. The lowest BCUT2D eigenvalue weighted by Gasteiger charge is -2.39. The predicted octanol–water partition coefficient (Wildman–Crippen LogP) is 7.75. The Bertz CT molecular complexity index is 3240. The Labute approximate surface area is 491 Å². The molecule has 0 spiro atoms. The first-order valence-corrected chi connectivity index (χ1v) is 27.8. The molecule has 0 aliphatic carbocycles. The van der Waals surface area contributed by atoms with Crippen molar-refractivity contribution in [3.05, 3.63) is 173 Å². The van der Waals surface area contributed by atoms with E-state index in [1.165, 1.54) is 23.1 Å². The molecule has 24 nitrogen and oxygen atoms in total. The van der Waals surface area contributed by atoms with Gasteiger partial charge in [-0.1, -0.05) is 121 Å². The molecule has 5 aromatic carbocycles. The van der Waals surface area contributed by atoms with Crippen LogP contribution in [0.5, 0.6) is 0 Å². The van der Waals surface area contributed by atoms with Crippen LogP contribution in [-0.4, -0.2) is 144 Å². The summed E-state index contributed by atoms with van der Waals surface area (Å²) < 4.78 is 41.1. The minimum absolute atomic E-state index is 0.0165. The second kappa shape index (κ2) is 30.1. The zero-order valence-corrected chi connectivity index (χ0v) is 47.5. The standard InChI is InChI=1S/C61H70N10O14/c1-61(2,3)85-57(75)66-36-42-22-20-41(21-23-42)35-65-55(73)69-29-31-70(32-30-69)59(77)84-49-26-33-79-50(52(49)80-37-43-14-7-4-8-15-43)40-82-56(74)64-28-13-27-63-54(72)51-47-25-24-46(53(62)67-58(76)81-38-44-16-9-5-10-17-44)34-48(47)71(68-51)60(78)83-39-45-18-11-6-12-19-45/h4-12,14-25,34,49-50,52H,13,26-33,35-40H2,1-3H3,(H,63,72)(H,64,74)(H,65,73)(H,66,75)(H2,62,67,76)/t49-,50+,52+/m1/s1. The van der Waals surface area contributed by atoms with Crippen LogP contribution in [0.1, 0.15) is 77.5 Å². The molecule has 2 aliphatic rings. The lowest BCUT2D eigenvalue weighted by Crippen LogP contribution is -2.55. The molecule has 8 rings (SSSR count). The molecule has 6 aromatic rings. The molecule has 2 aliphatic heterocycles. The average Bonchev–Trinajstić information content (AvgIpc) is 3.95. The van der Waals surface area contributed by atoms with Crippen LogP contribution in [-0.2, 0) is 66.1 Å². The van der Waals surface area contributed by atoms with E-state index in [4.69, 9.17) is 38.6 Å². The summed E-state index contributed by atoms with van der Waals surface area (Å²) in [7, 11) is 0. The quantitative estimate of drug-likeness (QED) is 0.0184. The van der Waals surface area contributed by atoms with Crippen molar-refractivity contribution in [3.8, 4) is 0 Å². The molecule has 24 heteroatoms. The maximum Gasteiger partial charge on any atom is 0.435 e. The second-order valence-electron chi connectivity index (χ2n) is 20.9. The predicted molar refractivity (Wildman–Crippen MR) is 309 cm³/mol. The van der Waals surface area contributed by atoms with Gasteiger partial charge in [-0.3, -0.25) is 15.5 Å². The van der Waals surface area contributed by atoms with Gasteiger partial charge in [0.2, 0.25) is 0 Å². The van der Waals surface area contributed by atoms with E-state index >= 15 is 0 Å². The van der Waals surface area contributed by atoms with Gasteiger partial charge in [-0.2, -0.15) is 9.78 Å².